The number of hydrogen-bond acceptors (Lipinski definition) is 9. The molecule has 0 amide bonds. The number of likely N-dealkylation sites (tertiary alicyclic amines) is 1. The first kappa shape index (κ1) is 32.4. The zero-order chi connectivity index (χ0) is 31.6. The van der Waals surface area contributed by atoms with E-state index in [0.29, 0.717) is 34.5 Å². The molecule has 9 nitrogen and oxygen atoms in total. The highest BCUT2D eigenvalue weighted by Crippen LogP contribution is 2.38. The summed E-state index contributed by atoms with van der Waals surface area (Å²) in [6.45, 7) is 14.2. The quantitative estimate of drug-likeness (QED) is 0.336. The maximum Gasteiger partial charge on any atom is 0.210 e. The fourth-order valence-electron chi connectivity index (χ4n) is 7.37. The molecular weight excluding hydrogens is 607 g/mol. The number of fused-ring (bicyclic) bond motifs is 1. The Bertz CT molecular complexity index is 1590. The summed E-state index contributed by atoms with van der Waals surface area (Å²) in [4.78, 5) is 15.8. The van der Waals surface area contributed by atoms with E-state index < -0.39 is 20.6 Å². The highest BCUT2D eigenvalue weighted by Gasteiger charge is 2.33. The second-order valence-electron chi connectivity index (χ2n) is 12.5. The molecule has 11 heteroatoms. The third-order valence-electron chi connectivity index (χ3n) is 10.0. The summed E-state index contributed by atoms with van der Waals surface area (Å²) in [6, 6.07) is 13.3. The van der Waals surface area contributed by atoms with Gasteiger partial charge in [0.05, 0.1) is 22.7 Å². The van der Waals surface area contributed by atoms with Gasteiger partial charge >= 0.3 is 0 Å². The van der Waals surface area contributed by atoms with E-state index in [1.54, 1.807) is 30.5 Å². The smallest absolute Gasteiger partial charge is 0.210 e. The van der Waals surface area contributed by atoms with Gasteiger partial charge in [0.15, 0.2) is 0 Å². The van der Waals surface area contributed by atoms with E-state index in [4.69, 9.17) is 4.74 Å². The first-order chi connectivity index (χ1) is 21.8. The van der Waals surface area contributed by atoms with Gasteiger partial charge in [-0.1, -0.05) is 6.92 Å². The molecule has 3 fully saturated rings. The highest BCUT2D eigenvalue weighted by atomic mass is 32.2. The molecule has 1 aromatic heterocycles. The third-order valence-corrected chi connectivity index (χ3v) is 12.7. The second-order valence-corrected chi connectivity index (χ2v) is 15.8. The lowest BCUT2D eigenvalue weighted by molar-refractivity contribution is 0.0384. The van der Waals surface area contributed by atoms with Crippen LogP contribution in [-0.4, -0.2) is 116 Å². The molecule has 0 radical (unpaired) electrons. The van der Waals surface area contributed by atoms with Crippen LogP contribution in [0.15, 0.2) is 63.3 Å². The second kappa shape index (κ2) is 14.0. The maximum absolute atomic E-state index is 14.2. The van der Waals surface area contributed by atoms with Gasteiger partial charge in [-0.15, -0.1) is 0 Å². The maximum atomic E-state index is 14.2. The molecule has 0 spiro atoms. The molecule has 45 heavy (non-hydrogen) atoms. The molecule has 2 aromatic carbocycles. The van der Waals surface area contributed by atoms with E-state index in [2.05, 4.69) is 31.5 Å². The number of piperazine rings is 1. The summed E-state index contributed by atoms with van der Waals surface area (Å²) < 4.78 is 46.3. The number of aromatic nitrogens is 1. The first-order valence-electron chi connectivity index (χ1n) is 16.5. The van der Waals surface area contributed by atoms with Gasteiger partial charge in [0.2, 0.25) is 9.84 Å². The number of sulfone groups is 1. The molecule has 0 saturated carbocycles. The lowest BCUT2D eigenvalue weighted by Gasteiger charge is -2.46. The zero-order valence-corrected chi connectivity index (χ0v) is 28.5. The van der Waals surface area contributed by atoms with Crippen molar-refractivity contribution < 1.29 is 17.4 Å². The van der Waals surface area contributed by atoms with E-state index in [0.717, 1.165) is 70.1 Å². The summed E-state index contributed by atoms with van der Waals surface area (Å²) in [5.41, 5.74) is 1.37. The monoisotopic (exact) mass is 653 g/mol. The molecule has 3 aliphatic rings. The van der Waals surface area contributed by atoms with Crippen molar-refractivity contribution in [2.75, 3.05) is 76.7 Å². The van der Waals surface area contributed by atoms with Gasteiger partial charge in [-0.2, -0.15) is 0 Å². The van der Waals surface area contributed by atoms with Crippen LogP contribution >= 0.6 is 0 Å². The predicted molar refractivity (Wildman–Crippen MR) is 181 cm³/mol. The molecule has 244 valence electrons. The number of anilines is 1. The molecule has 1 atom stereocenters. The van der Waals surface area contributed by atoms with Crippen LogP contribution in [0.1, 0.15) is 39.5 Å². The van der Waals surface area contributed by atoms with Crippen molar-refractivity contribution in [1.29, 1.82) is 0 Å². The van der Waals surface area contributed by atoms with Crippen molar-refractivity contribution in [3.8, 4) is 5.75 Å². The predicted octanol–water partition coefficient (Wildman–Crippen LogP) is 4.27. The van der Waals surface area contributed by atoms with Crippen molar-refractivity contribution in [3.05, 3.63) is 48.7 Å². The Labute approximate surface area is 270 Å². The molecule has 0 bridgehead atoms. The fourth-order valence-corrected chi connectivity index (χ4v) is 9.35. The Hall–Kier alpha value is -2.57. The van der Waals surface area contributed by atoms with Crippen molar-refractivity contribution in [2.45, 2.75) is 66.3 Å². The lowest BCUT2D eigenvalue weighted by Crippen LogP contribution is -2.56. The lowest BCUT2D eigenvalue weighted by atomic mass is 9.99. The number of nitrogens with zero attached hydrogens (tertiary/aromatic N) is 5. The summed E-state index contributed by atoms with van der Waals surface area (Å²) in [6.07, 6.45) is 7.65. The molecular formula is C34H47N5O4S2. The molecule has 3 aromatic rings. The molecule has 0 unspecified atom stereocenters. The number of pyridine rings is 1. The van der Waals surface area contributed by atoms with Crippen LogP contribution in [0.25, 0.3) is 10.9 Å². The van der Waals surface area contributed by atoms with Gasteiger partial charge in [0.25, 0.3) is 0 Å². The Morgan fingerprint density at radius 2 is 1.44 bits per heavy atom. The van der Waals surface area contributed by atoms with Crippen LogP contribution in [0.3, 0.4) is 0 Å². The van der Waals surface area contributed by atoms with Crippen molar-refractivity contribution in [2.24, 2.45) is 0 Å². The number of benzene rings is 2. The third kappa shape index (κ3) is 6.93. The van der Waals surface area contributed by atoms with Crippen molar-refractivity contribution in [1.82, 2.24) is 19.7 Å². The van der Waals surface area contributed by atoms with Crippen LogP contribution in [0.2, 0.25) is 0 Å². The fraction of sp³-hybridized carbons (Fsp3) is 0.559. The van der Waals surface area contributed by atoms with Crippen molar-refractivity contribution >= 4 is 37.2 Å². The van der Waals surface area contributed by atoms with Gasteiger partial charge < -0.3 is 14.5 Å². The molecule has 0 N–H and O–H groups in total. The standard InChI is InChI=1S/C34H47N5O4S2/c1-4-36-16-12-26(13-17-36)37-20-22-38(23-21-37)27-14-18-39(19-15-27)34-31-24-29(44(3)40)8-11-32(31)35-25-33(34)45(41,42)30-9-6-28(7-10-30)43-5-2/h6-11,24-27H,4-5,12-23H2,1-3H3/t44-/m1/s1. The summed E-state index contributed by atoms with van der Waals surface area (Å²) in [5, 5.41) is 0.732. The average molecular weight is 654 g/mol. The largest absolute Gasteiger partial charge is 0.494 e. The van der Waals surface area contributed by atoms with E-state index in [1.165, 1.54) is 32.1 Å². The minimum Gasteiger partial charge on any atom is -0.494 e. The molecule has 3 saturated heterocycles. The van der Waals surface area contributed by atoms with Crippen LogP contribution in [0.5, 0.6) is 5.75 Å². The van der Waals surface area contributed by atoms with Gasteiger partial charge in [0.1, 0.15) is 10.6 Å². The molecule has 6 rings (SSSR count). The highest BCUT2D eigenvalue weighted by molar-refractivity contribution is 7.91. The first-order valence-corrected chi connectivity index (χ1v) is 19.5. The van der Waals surface area contributed by atoms with E-state index in [9.17, 15) is 12.6 Å². The SMILES string of the molecule is CCOc1ccc(S(=O)(=O)c2cnc3ccc([S@@](C)=O)cc3c2N2CCC(N3CCN(C4CCN(CC)CC4)CC3)CC2)cc1. The average Bonchev–Trinajstić information content (AvgIpc) is 3.08. The summed E-state index contributed by atoms with van der Waals surface area (Å²) >= 11 is 0. The number of rotatable bonds is 9. The molecule has 3 aliphatic heterocycles. The number of hydrogen-bond donors (Lipinski definition) is 0. The Morgan fingerprint density at radius 1 is 0.844 bits per heavy atom. The minimum absolute atomic E-state index is 0.194. The number of piperidine rings is 2. The summed E-state index contributed by atoms with van der Waals surface area (Å²) in [5.74, 6) is 0.633. The molecule has 4 heterocycles. The van der Waals surface area contributed by atoms with E-state index in [1.807, 2.05) is 25.1 Å². The topological polar surface area (TPSA) is 86.3 Å². The van der Waals surface area contributed by atoms with Gasteiger partial charge in [-0.05, 0) is 94.7 Å². The van der Waals surface area contributed by atoms with Gasteiger partial charge in [0, 0.05) is 84.9 Å². The minimum atomic E-state index is -3.89. The van der Waals surface area contributed by atoms with Crippen molar-refractivity contribution in [3.63, 3.8) is 0 Å². The zero-order valence-electron chi connectivity index (χ0n) is 26.9. The Kier molecular flexibility index (Phi) is 10.1. The van der Waals surface area contributed by atoms with Crippen LogP contribution in [-0.2, 0) is 20.6 Å². The van der Waals surface area contributed by atoms with Crippen LogP contribution in [0.4, 0.5) is 5.69 Å². The summed E-state index contributed by atoms with van der Waals surface area (Å²) in [7, 11) is -5.09. The van der Waals surface area contributed by atoms with Gasteiger partial charge in [-0.25, -0.2) is 8.42 Å². The number of ether oxygens (including phenoxy) is 1. The Morgan fingerprint density at radius 3 is 2.00 bits per heavy atom. The molecule has 0 aliphatic carbocycles. The van der Waals surface area contributed by atoms with E-state index >= 15 is 0 Å². The van der Waals surface area contributed by atoms with E-state index in [-0.39, 0.29) is 9.79 Å². The normalized spacial score (nSPS) is 20.9. The Balaban J connectivity index is 1.22. The van der Waals surface area contributed by atoms with Crippen LogP contribution in [0, 0.1) is 0 Å². The van der Waals surface area contributed by atoms with Crippen LogP contribution < -0.4 is 9.64 Å². The van der Waals surface area contributed by atoms with Gasteiger partial charge in [-0.3, -0.25) is 19.0 Å².